The van der Waals surface area contributed by atoms with Crippen molar-refractivity contribution in [1.29, 1.82) is 0 Å². The predicted molar refractivity (Wildman–Crippen MR) is 123 cm³/mol. The molecule has 0 aliphatic carbocycles. The zero-order valence-corrected chi connectivity index (χ0v) is 18.6. The lowest BCUT2D eigenvalue weighted by molar-refractivity contribution is -0.157. The molecule has 0 bridgehead atoms. The molecule has 0 radical (unpaired) electrons. The highest BCUT2D eigenvalue weighted by Crippen LogP contribution is 2.19. The summed E-state index contributed by atoms with van der Waals surface area (Å²) in [4.78, 5) is 50.4. The van der Waals surface area contributed by atoms with E-state index in [0.717, 1.165) is 11.1 Å². The van der Waals surface area contributed by atoms with Crippen LogP contribution >= 0.6 is 0 Å². The second kappa shape index (κ2) is 10.9. The minimum Gasteiger partial charge on any atom is -0.478 e. The average molecular weight is 461 g/mol. The van der Waals surface area contributed by atoms with E-state index in [1.165, 1.54) is 24.3 Å². The van der Waals surface area contributed by atoms with Gasteiger partial charge < -0.3 is 19.9 Å². The Hall–Kier alpha value is -4.46. The Kier molecular flexibility index (Phi) is 7.76. The van der Waals surface area contributed by atoms with E-state index in [2.05, 4.69) is 5.32 Å². The van der Waals surface area contributed by atoms with Gasteiger partial charge >= 0.3 is 17.9 Å². The number of rotatable bonds is 8. The standard InChI is InChI=1S/C26H23NO7/c1-16-13-14-20(17(2)15-16)27-23(28)21(33-25(31)18-9-5-3-6-10-18)22(24(29)30)34-26(32)19-11-7-4-8-12-19/h3-15,21-22H,1-2H3,(H,27,28)(H,29,30)/t21-,22+/m1/s1. The van der Waals surface area contributed by atoms with E-state index < -0.39 is 36.0 Å². The number of aliphatic carboxylic acids is 1. The molecule has 0 aliphatic rings. The molecular formula is C26H23NO7. The highest BCUT2D eigenvalue weighted by atomic mass is 16.6. The van der Waals surface area contributed by atoms with Gasteiger partial charge in [0.25, 0.3) is 5.91 Å². The van der Waals surface area contributed by atoms with Crippen LogP contribution < -0.4 is 5.32 Å². The summed E-state index contributed by atoms with van der Waals surface area (Å²) in [5.74, 6) is -4.52. The summed E-state index contributed by atoms with van der Waals surface area (Å²) in [6, 6.07) is 20.7. The van der Waals surface area contributed by atoms with Gasteiger partial charge in [-0.05, 0) is 49.7 Å². The first kappa shape index (κ1) is 24.2. The van der Waals surface area contributed by atoms with Gasteiger partial charge in [-0.3, -0.25) is 4.79 Å². The highest BCUT2D eigenvalue weighted by molar-refractivity contribution is 6.01. The van der Waals surface area contributed by atoms with Gasteiger partial charge in [0.05, 0.1) is 11.1 Å². The molecule has 0 fully saturated rings. The molecule has 8 heteroatoms. The first-order chi connectivity index (χ1) is 16.3. The van der Waals surface area contributed by atoms with Crippen LogP contribution in [0.15, 0.2) is 78.9 Å². The van der Waals surface area contributed by atoms with Gasteiger partial charge in [-0.25, -0.2) is 14.4 Å². The molecule has 0 saturated heterocycles. The molecule has 34 heavy (non-hydrogen) atoms. The Morgan fingerprint density at radius 1 is 0.735 bits per heavy atom. The SMILES string of the molecule is Cc1ccc(NC(=O)[C@H](OC(=O)c2ccccc2)[C@H](OC(=O)c2ccccc2)C(=O)O)c(C)c1. The molecule has 3 aromatic carbocycles. The summed E-state index contributed by atoms with van der Waals surface area (Å²) in [5, 5.41) is 12.4. The number of carbonyl (C=O) groups excluding carboxylic acids is 3. The molecule has 0 aromatic heterocycles. The quantitative estimate of drug-likeness (QED) is 0.490. The van der Waals surface area contributed by atoms with Gasteiger partial charge in [-0.15, -0.1) is 0 Å². The second-order valence-corrected chi connectivity index (χ2v) is 7.53. The van der Waals surface area contributed by atoms with Crippen molar-refractivity contribution in [2.45, 2.75) is 26.1 Å². The van der Waals surface area contributed by atoms with Crippen molar-refractivity contribution in [3.8, 4) is 0 Å². The third kappa shape index (κ3) is 6.07. The lowest BCUT2D eigenvalue weighted by Crippen LogP contribution is -2.48. The molecule has 3 aromatic rings. The van der Waals surface area contributed by atoms with Gasteiger partial charge in [0.1, 0.15) is 0 Å². The summed E-state index contributed by atoms with van der Waals surface area (Å²) in [6.07, 6.45) is -4.05. The maximum absolute atomic E-state index is 13.1. The number of hydrogen-bond acceptors (Lipinski definition) is 6. The van der Waals surface area contributed by atoms with Crippen LogP contribution in [0.4, 0.5) is 5.69 Å². The fourth-order valence-corrected chi connectivity index (χ4v) is 3.17. The van der Waals surface area contributed by atoms with Crippen molar-refractivity contribution < 1.29 is 33.8 Å². The number of anilines is 1. The number of hydrogen-bond donors (Lipinski definition) is 2. The molecule has 3 rings (SSSR count). The van der Waals surface area contributed by atoms with Crippen LogP contribution in [0.1, 0.15) is 31.8 Å². The molecule has 2 N–H and O–H groups in total. The Labute approximate surface area is 196 Å². The minimum absolute atomic E-state index is 0.0803. The van der Waals surface area contributed by atoms with Crippen LogP contribution in [0.2, 0.25) is 0 Å². The Balaban J connectivity index is 1.92. The zero-order valence-electron chi connectivity index (χ0n) is 18.6. The molecule has 0 spiro atoms. The summed E-state index contributed by atoms with van der Waals surface area (Å²) >= 11 is 0. The van der Waals surface area contributed by atoms with E-state index in [9.17, 15) is 24.3 Å². The number of ether oxygens (including phenoxy) is 2. The molecule has 0 unspecified atom stereocenters. The number of amides is 1. The average Bonchev–Trinajstić information content (AvgIpc) is 2.83. The number of benzene rings is 3. The fourth-order valence-electron chi connectivity index (χ4n) is 3.17. The topological polar surface area (TPSA) is 119 Å². The van der Waals surface area contributed by atoms with Crippen molar-refractivity contribution >= 4 is 29.5 Å². The fraction of sp³-hybridized carbons (Fsp3) is 0.154. The van der Waals surface area contributed by atoms with Gasteiger partial charge in [0, 0.05) is 5.69 Å². The maximum atomic E-state index is 13.1. The Morgan fingerprint density at radius 2 is 1.24 bits per heavy atom. The Morgan fingerprint density at radius 3 is 1.71 bits per heavy atom. The van der Waals surface area contributed by atoms with Crippen LogP contribution in [-0.2, 0) is 19.1 Å². The molecule has 0 saturated carbocycles. The molecule has 0 heterocycles. The zero-order chi connectivity index (χ0) is 24.7. The van der Waals surface area contributed by atoms with E-state index in [0.29, 0.717) is 5.69 Å². The summed E-state index contributed by atoms with van der Waals surface area (Å²) in [5.41, 5.74) is 2.26. The van der Waals surface area contributed by atoms with Crippen molar-refractivity contribution in [3.05, 3.63) is 101 Å². The van der Waals surface area contributed by atoms with Crippen LogP contribution in [0.5, 0.6) is 0 Å². The predicted octanol–water partition coefficient (Wildman–Crippen LogP) is 3.78. The normalized spacial score (nSPS) is 12.2. The molecular weight excluding hydrogens is 438 g/mol. The monoisotopic (exact) mass is 461 g/mol. The van der Waals surface area contributed by atoms with Gasteiger partial charge in [-0.2, -0.15) is 0 Å². The van der Waals surface area contributed by atoms with Crippen LogP contribution in [0.25, 0.3) is 0 Å². The lowest BCUT2D eigenvalue weighted by Gasteiger charge is -2.24. The summed E-state index contributed by atoms with van der Waals surface area (Å²) in [6.45, 7) is 3.64. The summed E-state index contributed by atoms with van der Waals surface area (Å²) in [7, 11) is 0. The Bertz CT molecular complexity index is 1190. The number of esters is 2. The van der Waals surface area contributed by atoms with Gasteiger partial charge in [-0.1, -0.05) is 54.1 Å². The number of nitrogens with one attached hydrogen (secondary N) is 1. The van der Waals surface area contributed by atoms with Gasteiger partial charge in [0.15, 0.2) is 0 Å². The molecule has 2 atom stereocenters. The lowest BCUT2D eigenvalue weighted by atomic mass is 10.1. The van der Waals surface area contributed by atoms with Crippen molar-refractivity contribution in [1.82, 2.24) is 0 Å². The maximum Gasteiger partial charge on any atom is 0.349 e. The van der Waals surface area contributed by atoms with E-state index in [-0.39, 0.29) is 11.1 Å². The smallest absolute Gasteiger partial charge is 0.349 e. The first-order valence-corrected chi connectivity index (χ1v) is 10.4. The molecule has 8 nitrogen and oxygen atoms in total. The van der Waals surface area contributed by atoms with Crippen LogP contribution in [-0.4, -0.2) is 41.1 Å². The van der Waals surface area contributed by atoms with Gasteiger partial charge in [0.2, 0.25) is 12.2 Å². The number of carboxylic acids is 1. The molecule has 0 aliphatic heterocycles. The van der Waals surface area contributed by atoms with Crippen molar-refractivity contribution in [2.24, 2.45) is 0 Å². The minimum atomic E-state index is -2.09. The number of carboxylic acid groups (broad SMARTS) is 1. The first-order valence-electron chi connectivity index (χ1n) is 10.4. The molecule has 174 valence electrons. The second-order valence-electron chi connectivity index (χ2n) is 7.53. The van der Waals surface area contributed by atoms with Crippen molar-refractivity contribution in [3.63, 3.8) is 0 Å². The number of aryl methyl sites for hydroxylation is 2. The van der Waals surface area contributed by atoms with E-state index in [1.54, 1.807) is 55.5 Å². The highest BCUT2D eigenvalue weighted by Gasteiger charge is 2.41. The molecule has 1 amide bonds. The summed E-state index contributed by atoms with van der Waals surface area (Å²) < 4.78 is 10.4. The van der Waals surface area contributed by atoms with Crippen LogP contribution in [0, 0.1) is 13.8 Å². The van der Waals surface area contributed by atoms with E-state index in [1.807, 2.05) is 13.0 Å². The third-order valence-corrected chi connectivity index (χ3v) is 4.90. The van der Waals surface area contributed by atoms with Crippen molar-refractivity contribution in [2.75, 3.05) is 5.32 Å². The van der Waals surface area contributed by atoms with Crippen LogP contribution in [0.3, 0.4) is 0 Å². The number of carbonyl (C=O) groups is 4. The third-order valence-electron chi connectivity index (χ3n) is 4.90. The van der Waals surface area contributed by atoms with E-state index in [4.69, 9.17) is 9.47 Å². The largest absolute Gasteiger partial charge is 0.478 e. The van der Waals surface area contributed by atoms with E-state index >= 15 is 0 Å².